The van der Waals surface area contributed by atoms with Crippen LogP contribution >= 0.6 is 0 Å². The molecule has 0 heterocycles. The summed E-state index contributed by atoms with van der Waals surface area (Å²) < 4.78 is 11.6. The van der Waals surface area contributed by atoms with Crippen molar-refractivity contribution in [2.75, 3.05) is 7.11 Å². The molecule has 0 aliphatic rings. The third-order valence-electron chi connectivity index (χ3n) is 2.21. The van der Waals surface area contributed by atoms with Crippen LogP contribution in [0.1, 0.15) is 34.1 Å². The number of nitrogens with zero attached hydrogens (tertiary/aromatic N) is 1. The van der Waals surface area contributed by atoms with Gasteiger partial charge in [-0.1, -0.05) is 6.92 Å². The molecular formula is C10H25N3O2Si. The van der Waals surface area contributed by atoms with Gasteiger partial charge in [-0.3, -0.25) is 0 Å². The molecule has 0 saturated carbocycles. The van der Waals surface area contributed by atoms with Crippen LogP contribution in [0.2, 0.25) is 6.55 Å². The van der Waals surface area contributed by atoms with Crippen LogP contribution in [-0.2, 0) is 8.85 Å². The molecule has 2 atom stereocenters. The Morgan fingerprint density at radius 2 is 1.88 bits per heavy atom. The maximum atomic E-state index is 6.03. The molecule has 5 nitrogen and oxygen atoms in total. The van der Waals surface area contributed by atoms with Gasteiger partial charge < -0.3 is 20.3 Å². The molecule has 2 unspecified atom stereocenters. The molecule has 0 radical (unpaired) electrons. The Morgan fingerprint density at radius 3 is 2.12 bits per heavy atom. The standard InChI is InChI=1S/C10H25N3O2Si/c1-7-8(13-9(11)12)16(6,14-5)15-10(2,3)4/h8H,7H2,1-6H3,(H4,11,12,13). The highest BCUT2D eigenvalue weighted by molar-refractivity contribution is 6.68. The van der Waals surface area contributed by atoms with Crippen LogP contribution in [0.15, 0.2) is 4.99 Å². The summed E-state index contributed by atoms with van der Waals surface area (Å²) in [5, 5.41) is 0. The van der Waals surface area contributed by atoms with Crippen LogP contribution in [0.5, 0.6) is 0 Å². The molecule has 0 aliphatic carbocycles. The van der Waals surface area contributed by atoms with Crippen LogP contribution in [0.4, 0.5) is 0 Å². The molecule has 0 aromatic heterocycles. The van der Waals surface area contributed by atoms with E-state index in [2.05, 4.69) is 4.99 Å². The van der Waals surface area contributed by atoms with Crippen LogP contribution in [0.3, 0.4) is 0 Å². The van der Waals surface area contributed by atoms with Crippen molar-refractivity contribution in [3.8, 4) is 0 Å². The van der Waals surface area contributed by atoms with Crippen molar-refractivity contribution < 1.29 is 8.85 Å². The van der Waals surface area contributed by atoms with E-state index in [1.54, 1.807) is 7.11 Å². The van der Waals surface area contributed by atoms with E-state index in [0.29, 0.717) is 0 Å². The average molecular weight is 247 g/mol. The van der Waals surface area contributed by atoms with Crippen LogP contribution in [-0.4, -0.2) is 32.9 Å². The first-order chi connectivity index (χ1) is 7.14. The molecule has 96 valence electrons. The second kappa shape index (κ2) is 5.65. The average Bonchev–Trinajstić information content (AvgIpc) is 2.10. The Hall–Kier alpha value is -0.593. The minimum absolute atomic E-state index is 0.0817. The molecular weight excluding hydrogens is 222 g/mol. The van der Waals surface area contributed by atoms with Gasteiger partial charge in [0.05, 0.1) is 11.3 Å². The van der Waals surface area contributed by atoms with Gasteiger partial charge in [0.2, 0.25) is 0 Å². The molecule has 0 aliphatic heterocycles. The molecule has 16 heavy (non-hydrogen) atoms. The van der Waals surface area contributed by atoms with Gasteiger partial charge in [-0.2, -0.15) is 0 Å². The highest BCUT2D eigenvalue weighted by atomic mass is 28.4. The Bertz CT molecular complexity index is 249. The molecule has 0 aromatic rings. The second-order valence-corrected chi connectivity index (χ2v) is 8.22. The first-order valence-electron chi connectivity index (χ1n) is 5.48. The zero-order valence-corrected chi connectivity index (χ0v) is 12.2. The van der Waals surface area contributed by atoms with E-state index in [1.807, 2.05) is 34.2 Å². The van der Waals surface area contributed by atoms with Gasteiger partial charge in [0.15, 0.2) is 5.96 Å². The molecule has 0 spiro atoms. The number of aliphatic imine (C=N–C) groups is 1. The molecule has 0 amide bonds. The van der Waals surface area contributed by atoms with Gasteiger partial charge in [0.25, 0.3) is 0 Å². The van der Waals surface area contributed by atoms with Crippen molar-refractivity contribution in [3.63, 3.8) is 0 Å². The van der Waals surface area contributed by atoms with Gasteiger partial charge in [-0.25, -0.2) is 4.99 Å². The van der Waals surface area contributed by atoms with Gasteiger partial charge in [0.1, 0.15) is 0 Å². The zero-order chi connectivity index (χ0) is 13.0. The Morgan fingerprint density at radius 1 is 1.38 bits per heavy atom. The van der Waals surface area contributed by atoms with Crippen LogP contribution in [0.25, 0.3) is 0 Å². The summed E-state index contributed by atoms with van der Waals surface area (Å²) in [5.41, 5.74) is 10.5. The van der Waals surface area contributed by atoms with Crippen molar-refractivity contribution in [2.24, 2.45) is 16.5 Å². The number of nitrogens with two attached hydrogens (primary N) is 2. The topological polar surface area (TPSA) is 82.9 Å². The summed E-state index contributed by atoms with van der Waals surface area (Å²) in [6.07, 6.45) is 0.796. The highest BCUT2D eigenvalue weighted by Crippen LogP contribution is 2.24. The van der Waals surface area contributed by atoms with Crippen LogP contribution < -0.4 is 11.5 Å². The monoisotopic (exact) mass is 247 g/mol. The third kappa shape index (κ3) is 4.96. The van der Waals surface area contributed by atoms with Crippen molar-refractivity contribution in [1.29, 1.82) is 0 Å². The summed E-state index contributed by atoms with van der Waals surface area (Å²) in [4.78, 5) is 4.21. The summed E-state index contributed by atoms with van der Waals surface area (Å²) in [7, 11) is -0.743. The smallest absolute Gasteiger partial charge is 0.360 e. The van der Waals surface area contributed by atoms with E-state index in [-0.39, 0.29) is 17.2 Å². The fourth-order valence-electron chi connectivity index (χ4n) is 1.61. The molecule has 6 heteroatoms. The van der Waals surface area contributed by atoms with Crippen LogP contribution in [0, 0.1) is 0 Å². The SMILES string of the molecule is CCC(N=C(N)N)[Si](C)(OC)OC(C)(C)C. The quantitative estimate of drug-likeness (QED) is 0.433. The predicted molar refractivity (Wildman–Crippen MR) is 69.4 cm³/mol. The van der Waals surface area contributed by atoms with E-state index < -0.39 is 8.56 Å². The molecule has 4 N–H and O–H groups in total. The van der Waals surface area contributed by atoms with E-state index in [0.717, 1.165) is 6.42 Å². The lowest BCUT2D eigenvalue weighted by Crippen LogP contribution is -2.54. The number of rotatable bonds is 5. The van der Waals surface area contributed by atoms with Crippen molar-refractivity contribution >= 4 is 14.5 Å². The lowest BCUT2D eigenvalue weighted by Gasteiger charge is -2.36. The first-order valence-corrected chi connectivity index (χ1v) is 7.88. The molecule has 0 fully saturated rings. The summed E-state index contributed by atoms with van der Waals surface area (Å²) in [6, 6.07) is 0. The maximum Gasteiger partial charge on any atom is 0.360 e. The summed E-state index contributed by atoms with van der Waals surface area (Å²) in [6.45, 7) is 10.0. The van der Waals surface area contributed by atoms with E-state index in [1.165, 1.54) is 0 Å². The Kier molecular flexibility index (Phi) is 5.44. The number of hydrogen-bond acceptors (Lipinski definition) is 3. The van der Waals surface area contributed by atoms with Crippen molar-refractivity contribution in [3.05, 3.63) is 0 Å². The highest BCUT2D eigenvalue weighted by Gasteiger charge is 2.42. The van der Waals surface area contributed by atoms with E-state index >= 15 is 0 Å². The fraction of sp³-hybridized carbons (Fsp3) is 0.900. The van der Waals surface area contributed by atoms with Gasteiger partial charge in [0, 0.05) is 7.11 Å². The Balaban J connectivity index is 4.97. The molecule has 0 bridgehead atoms. The summed E-state index contributed by atoms with van der Waals surface area (Å²) in [5.74, 6) is 0.0835. The van der Waals surface area contributed by atoms with Crippen molar-refractivity contribution in [2.45, 2.75) is 51.9 Å². The lowest BCUT2D eigenvalue weighted by atomic mass is 10.2. The fourth-order valence-corrected chi connectivity index (χ4v) is 4.45. The maximum absolute atomic E-state index is 6.03. The first kappa shape index (κ1) is 15.4. The summed E-state index contributed by atoms with van der Waals surface area (Å²) >= 11 is 0. The van der Waals surface area contributed by atoms with Gasteiger partial charge in [-0.05, 0) is 33.7 Å². The van der Waals surface area contributed by atoms with E-state index in [9.17, 15) is 0 Å². The normalized spacial score (nSPS) is 17.6. The third-order valence-corrected chi connectivity index (χ3v) is 5.79. The molecule has 0 rings (SSSR count). The zero-order valence-electron chi connectivity index (χ0n) is 11.2. The van der Waals surface area contributed by atoms with E-state index in [4.69, 9.17) is 20.3 Å². The van der Waals surface area contributed by atoms with Gasteiger partial charge in [-0.15, -0.1) is 0 Å². The lowest BCUT2D eigenvalue weighted by molar-refractivity contribution is 0.0710. The van der Waals surface area contributed by atoms with Crippen molar-refractivity contribution in [1.82, 2.24) is 0 Å². The number of guanidine groups is 1. The second-order valence-electron chi connectivity index (χ2n) is 4.91. The minimum atomic E-state index is -2.40. The van der Waals surface area contributed by atoms with Gasteiger partial charge >= 0.3 is 8.56 Å². The largest absolute Gasteiger partial charge is 0.397 e. The molecule has 0 saturated heterocycles. The Labute approximate surface area is 99.5 Å². The predicted octanol–water partition coefficient (Wildman–Crippen LogP) is 1.11. The molecule has 0 aromatic carbocycles. The number of hydrogen-bond donors (Lipinski definition) is 2. The minimum Gasteiger partial charge on any atom is -0.397 e.